The monoisotopic (exact) mass is 214 g/mol. The van der Waals surface area contributed by atoms with E-state index in [1.807, 2.05) is 0 Å². The smallest absolute Gasteiger partial charge is 0.389 e. The fourth-order valence-corrected chi connectivity index (χ4v) is 0.759. The summed E-state index contributed by atoms with van der Waals surface area (Å²) in [5.74, 6) is -1.17. The fraction of sp³-hybridized carbons (Fsp3) is 0.857. The predicted octanol–water partition coefficient (Wildman–Crippen LogP) is 0.330. The van der Waals surface area contributed by atoms with Crippen molar-refractivity contribution in [1.82, 2.24) is 5.32 Å². The maximum Gasteiger partial charge on any atom is 0.389 e. The number of hydrogen-bond donors (Lipinski definition) is 3. The maximum absolute atomic E-state index is 11.6. The third kappa shape index (κ3) is 7.81. The van der Waals surface area contributed by atoms with Crippen molar-refractivity contribution in [2.24, 2.45) is 5.73 Å². The van der Waals surface area contributed by atoms with Crippen LogP contribution in [0.5, 0.6) is 0 Å². The third-order valence-electron chi connectivity index (χ3n) is 1.50. The van der Waals surface area contributed by atoms with Gasteiger partial charge in [-0.2, -0.15) is 13.2 Å². The van der Waals surface area contributed by atoms with Crippen molar-refractivity contribution in [3.05, 3.63) is 0 Å². The molecule has 7 heteroatoms. The molecule has 0 radical (unpaired) electrons. The number of halogens is 3. The highest BCUT2D eigenvalue weighted by Gasteiger charge is 2.25. The van der Waals surface area contributed by atoms with E-state index in [2.05, 4.69) is 5.32 Å². The van der Waals surface area contributed by atoms with Crippen molar-refractivity contribution < 1.29 is 23.1 Å². The van der Waals surface area contributed by atoms with Gasteiger partial charge in [0.2, 0.25) is 0 Å². The van der Waals surface area contributed by atoms with Crippen LogP contribution in [0, 0.1) is 0 Å². The van der Waals surface area contributed by atoms with Gasteiger partial charge in [-0.1, -0.05) is 0 Å². The second kappa shape index (κ2) is 5.82. The minimum Gasteiger partial charge on any atom is -0.480 e. The van der Waals surface area contributed by atoms with Gasteiger partial charge in [-0.25, -0.2) is 0 Å². The summed E-state index contributed by atoms with van der Waals surface area (Å²) in [6.07, 6.45) is -5.10. The molecule has 0 aromatic rings. The predicted molar refractivity (Wildman–Crippen MR) is 43.8 cm³/mol. The largest absolute Gasteiger partial charge is 0.480 e. The Bertz CT molecular complexity index is 184. The summed E-state index contributed by atoms with van der Waals surface area (Å²) in [7, 11) is 0. The van der Waals surface area contributed by atoms with E-state index in [4.69, 9.17) is 10.8 Å². The van der Waals surface area contributed by atoms with Gasteiger partial charge in [0, 0.05) is 13.0 Å². The zero-order valence-corrected chi connectivity index (χ0v) is 7.47. The average Bonchev–Trinajstić information content (AvgIpc) is 2.01. The lowest BCUT2D eigenvalue weighted by Gasteiger charge is -2.09. The van der Waals surface area contributed by atoms with Crippen molar-refractivity contribution >= 4 is 5.97 Å². The lowest BCUT2D eigenvalue weighted by molar-refractivity contribution is -0.139. The van der Waals surface area contributed by atoms with E-state index >= 15 is 0 Å². The zero-order chi connectivity index (χ0) is 11.2. The Hall–Kier alpha value is -0.820. The van der Waals surface area contributed by atoms with E-state index in [1.165, 1.54) is 0 Å². The highest BCUT2D eigenvalue weighted by molar-refractivity contribution is 5.73. The number of carboxylic acid groups (broad SMARTS) is 1. The van der Waals surface area contributed by atoms with E-state index in [1.54, 1.807) is 0 Å². The molecule has 0 saturated heterocycles. The maximum atomic E-state index is 11.6. The molecule has 4 nitrogen and oxygen atoms in total. The van der Waals surface area contributed by atoms with Gasteiger partial charge in [0.1, 0.15) is 6.04 Å². The molecular weight excluding hydrogens is 201 g/mol. The van der Waals surface area contributed by atoms with Crippen LogP contribution in [0.2, 0.25) is 0 Å². The molecule has 84 valence electrons. The molecule has 0 rings (SSSR count). The Morgan fingerprint density at radius 3 is 2.50 bits per heavy atom. The zero-order valence-electron chi connectivity index (χ0n) is 7.47. The van der Waals surface area contributed by atoms with Crippen molar-refractivity contribution in [2.45, 2.75) is 25.1 Å². The molecule has 0 spiro atoms. The quantitative estimate of drug-likeness (QED) is 0.557. The Labute approximate surface area is 79.3 Å². The molecule has 0 saturated carbocycles. The number of alkyl halides is 3. The number of carbonyl (C=O) groups is 1. The molecule has 0 aliphatic carbocycles. The molecular formula is C7H13F3N2O2. The molecule has 0 bridgehead atoms. The van der Waals surface area contributed by atoms with Crippen molar-refractivity contribution in [1.29, 1.82) is 0 Å². The first-order chi connectivity index (χ1) is 6.33. The van der Waals surface area contributed by atoms with Crippen molar-refractivity contribution in [3.63, 3.8) is 0 Å². The van der Waals surface area contributed by atoms with Gasteiger partial charge in [-0.05, 0) is 13.0 Å². The first-order valence-electron chi connectivity index (χ1n) is 4.09. The summed E-state index contributed by atoms with van der Waals surface area (Å²) >= 11 is 0. The van der Waals surface area contributed by atoms with Gasteiger partial charge in [0.15, 0.2) is 0 Å². The molecule has 1 unspecified atom stereocenters. The van der Waals surface area contributed by atoms with Gasteiger partial charge >= 0.3 is 12.1 Å². The normalized spacial score (nSPS) is 14.0. The van der Waals surface area contributed by atoms with E-state index in [9.17, 15) is 18.0 Å². The van der Waals surface area contributed by atoms with Crippen LogP contribution in [-0.2, 0) is 4.79 Å². The highest BCUT2D eigenvalue weighted by Crippen LogP contribution is 2.20. The van der Waals surface area contributed by atoms with E-state index < -0.39 is 24.6 Å². The van der Waals surface area contributed by atoms with E-state index in [0.29, 0.717) is 0 Å². The fourth-order valence-electron chi connectivity index (χ4n) is 0.759. The van der Waals surface area contributed by atoms with Crippen LogP contribution in [0.25, 0.3) is 0 Å². The second-order valence-corrected chi connectivity index (χ2v) is 2.87. The molecule has 0 heterocycles. The summed E-state index contributed by atoms with van der Waals surface area (Å²) in [4.78, 5) is 10.2. The number of hydrogen-bond acceptors (Lipinski definition) is 3. The van der Waals surface area contributed by atoms with Crippen LogP contribution < -0.4 is 11.1 Å². The summed E-state index contributed by atoms with van der Waals surface area (Å²) in [6, 6.07) is -1.07. The van der Waals surface area contributed by atoms with Gasteiger partial charge in [0.25, 0.3) is 0 Å². The number of nitrogens with one attached hydrogen (secondary N) is 1. The summed E-state index contributed by atoms with van der Waals surface area (Å²) in [6.45, 7) is 0.0910. The standard InChI is InChI=1S/C7H13F3N2O2/c8-7(9,10)2-1-3-12-4-5(11)6(13)14/h5,12H,1-4,11H2,(H,13,14). The molecule has 0 aliphatic rings. The molecule has 14 heavy (non-hydrogen) atoms. The lowest BCUT2D eigenvalue weighted by atomic mass is 10.3. The van der Waals surface area contributed by atoms with E-state index in [-0.39, 0.29) is 19.5 Å². The SMILES string of the molecule is NC(CNCCCC(F)(F)F)C(=O)O. The summed E-state index contributed by atoms with van der Waals surface area (Å²) in [5, 5.41) is 10.9. The van der Waals surface area contributed by atoms with Crippen molar-refractivity contribution in [3.8, 4) is 0 Å². The van der Waals surface area contributed by atoms with Crippen LogP contribution in [0.4, 0.5) is 13.2 Å². The molecule has 0 fully saturated rings. The molecule has 4 N–H and O–H groups in total. The molecule has 0 aromatic heterocycles. The molecule has 0 aliphatic heterocycles. The number of rotatable bonds is 6. The van der Waals surface area contributed by atoms with Crippen LogP contribution in [0.1, 0.15) is 12.8 Å². The highest BCUT2D eigenvalue weighted by atomic mass is 19.4. The Morgan fingerprint density at radius 1 is 1.50 bits per heavy atom. The second-order valence-electron chi connectivity index (χ2n) is 2.87. The topological polar surface area (TPSA) is 75.3 Å². The molecule has 0 amide bonds. The van der Waals surface area contributed by atoms with Crippen molar-refractivity contribution in [2.75, 3.05) is 13.1 Å². The number of aliphatic carboxylic acids is 1. The Balaban J connectivity index is 3.35. The molecule has 1 atom stereocenters. The minimum atomic E-state index is -4.16. The first kappa shape index (κ1) is 13.2. The van der Waals surface area contributed by atoms with Gasteiger partial charge in [-0.15, -0.1) is 0 Å². The number of nitrogens with two attached hydrogens (primary N) is 1. The summed E-state index contributed by atoms with van der Waals surface area (Å²) in [5.41, 5.74) is 5.10. The van der Waals surface area contributed by atoms with Crippen LogP contribution in [0.15, 0.2) is 0 Å². The minimum absolute atomic E-state index is 0.0206. The van der Waals surface area contributed by atoms with E-state index in [0.717, 1.165) is 0 Å². The Kier molecular flexibility index (Phi) is 5.47. The van der Waals surface area contributed by atoms with Crippen LogP contribution >= 0.6 is 0 Å². The third-order valence-corrected chi connectivity index (χ3v) is 1.50. The summed E-state index contributed by atoms with van der Waals surface area (Å²) < 4.78 is 34.9. The van der Waals surface area contributed by atoms with Crippen LogP contribution in [-0.4, -0.2) is 36.4 Å². The van der Waals surface area contributed by atoms with Crippen LogP contribution in [0.3, 0.4) is 0 Å². The number of carboxylic acids is 1. The molecule has 0 aromatic carbocycles. The Morgan fingerprint density at radius 2 is 2.07 bits per heavy atom. The van der Waals surface area contributed by atoms with Gasteiger partial charge < -0.3 is 16.2 Å². The first-order valence-corrected chi connectivity index (χ1v) is 4.09. The lowest BCUT2D eigenvalue weighted by Crippen LogP contribution is -2.40. The van der Waals surface area contributed by atoms with Gasteiger partial charge in [0.05, 0.1) is 0 Å². The van der Waals surface area contributed by atoms with Gasteiger partial charge in [-0.3, -0.25) is 4.79 Å². The average molecular weight is 214 g/mol.